The molecule has 0 radical (unpaired) electrons. The molecule has 0 bridgehead atoms. The predicted molar refractivity (Wildman–Crippen MR) is 57.2 cm³/mol. The van der Waals surface area contributed by atoms with E-state index in [2.05, 4.69) is 29.1 Å². The summed E-state index contributed by atoms with van der Waals surface area (Å²) in [5, 5.41) is 14.9. The molecule has 1 aromatic rings. The minimum absolute atomic E-state index is 0.765. The zero-order chi connectivity index (χ0) is 9.68. The zero-order valence-electron chi connectivity index (χ0n) is 8.16. The molecule has 0 saturated carbocycles. The van der Waals surface area contributed by atoms with Gasteiger partial charge in [0.15, 0.2) is 0 Å². The van der Waals surface area contributed by atoms with Gasteiger partial charge < -0.3 is 10.4 Å². The maximum atomic E-state index is 7.00. The SMILES string of the molecule is CC1CNC[C@@H]1c1ccsc1.CO. The molecule has 1 saturated heterocycles. The summed E-state index contributed by atoms with van der Waals surface area (Å²) in [6, 6.07) is 2.25. The molecule has 0 spiro atoms. The molecule has 0 aromatic carbocycles. The zero-order valence-corrected chi connectivity index (χ0v) is 8.97. The quantitative estimate of drug-likeness (QED) is 0.721. The third-order valence-electron chi connectivity index (χ3n) is 2.49. The lowest BCUT2D eigenvalue weighted by atomic mass is 9.93. The highest BCUT2D eigenvalue weighted by atomic mass is 32.1. The van der Waals surface area contributed by atoms with E-state index >= 15 is 0 Å². The Bertz CT molecular complexity index is 223. The van der Waals surface area contributed by atoms with Crippen LogP contribution in [0, 0.1) is 5.92 Å². The van der Waals surface area contributed by atoms with Gasteiger partial charge >= 0.3 is 0 Å². The third-order valence-corrected chi connectivity index (χ3v) is 3.19. The van der Waals surface area contributed by atoms with Gasteiger partial charge in [-0.25, -0.2) is 0 Å². The number of thiophene rings is 1. The van der Waals surface area contributed by atoms with Gasteiger partial charge in [0, 0.05) is 19.6 Å². The van der Waals surface area contributed by atoms with Gasteiger partial charge in [-0.15, -0.1) is 0 Å². The van der Waals surface area contributed by atoms with Crippen LogP contribution in [0.15, 0.2) is 16.8 Å². The average molecular weight is 199 g/mol. The first-order valence-corrected chi connectivity index (χ1v) is 5.50. The summed E-state index contributed by atoms with van der Waals surface area (Å²) < 4.78 is 0. The van der Waals surface area contributed by atoms with E-state index in [1.165, 1.54) is 12.1 Å². The van der Waals surface area contributed by atoms with Crippen LogP contribution in [0.5, 0.6) is 0 Å². The standard InChI is InChI=1S/C9H13NS.CH4O/c1-7-4-10-5-9(7)8-2-3-11-6-8;1-2/h2-3,6-7,9-10H,4-5H2,1H3;2H,1H3/t7?,9-;/m0./s1. The second-order valence-electron chi connectivity index (χ2n) is 3.30. The van der Waals surface area contributed by atoms with E-state index in [0.29, 0.717) is 0 Å². The molecular weight excluding hydrogens is 182 g/mol. The van der Waals surface area contributed by atoms with Crippen LogP contribution in [0.25, 0.3) is 0 Å². The molecule has 1 fully saturated rings. The van der Waals surface area contributed by atoms with Gasteiger partial charge in [-0.05, 0) is 34.9 Å². The van der Waals surface area contributed by atoms with Crippen LogP contribution in [0.1, 0.15) is 18.4 Å². The van der Waals surface area contributed by atoms with Crippen LogP contribution < -0.4 is 5.32 Å². The molecular formula is C10H17NOS. The van der Waals surface area contributed by atoms with Gasteiger partial charge in [-0.1, -0.05) is 6.92 Å². The topological polar surface area (TPSA) is 32.3 Å². The van der Waals surface area contributed by atoms with Crippen LogP contribution >= 0.6 is 11.3 Å². The Labute approximate surface area is 83.6 Å². The second-order valence-corrected chi connectivity index (χ2v) is 4.08. The summed E-state index contributed by atoms with van der Waals surface area (Å²) in [5.74, 6) is 1.57. The van der Waals surface area contributed by atoms with E-state index in [1.807, 2.05) is 0 Å². The van der Waals surface area contributed by atoms with Gasteiger partial charge in [0.25, 0.3) is 0 Å². The summed E-state index contributed by atoms with van der Waals surface area (Å²) in [7, 11) is 1.00. The van der Waals surface area contributed by atoms with Crippen molar-refractivity contribution in [2.45, 2.75) is 12.8 Å². The molecule has 2 nitrogen and oxygen atoms in total. The molecule has 1 aromatic heterocycles. The van der Waals surface area contributed by atoms with Crippen LogP contribution in [0.3, 0.4) is 0 Å². The number of hydrogen-bond donors (Lipinski definition) is 2. The molecule has 2 rings (SSSR count). The number of aliphatic hydroxyl groups is 1. The summed E-state index contributed by atoms with van der Waals surface area (Å²) in [6.07, 6.45) is 0. The van der Waals surface area contributed by atoms with Crippen LogP contribution in [-0.4, -0.2) is 25.3 Å². The summed E-state index contributed by atoms with van der Waals surface area (Å²) in [4.78, 5) is 0. The summed E-state index contributed by atoms with van der Waals surface area (Å²) >= 11 is 1.80. The highest BCUT2D eigenvalue weighted by Gasteiger charge is 2.24. The lowest BCUT2D eigenvalue weighted by Gasteiger charge is -2.11. The number of rotatable bonds is 1. The van der Waals surface area contributed by atoms with E-state index in [4.69, 9.17) is 5.11 Å². The van der Waals surface area contributed by atoms with Gasteiger partial charge in [0.05, 0.1) is 0 Å². The van der Waals surface area contributed by atoms with E-state index < -0.39 is 0 Å². The fourth-order valence-electron chi connectivity index (χ4n) is 1.74. The summed E-state index contributed by atoms with van der Waals surface area (Å²) in [6.45, 7) is 4.67. The fourth-order valence-corrected chi connectivity index (χ4v) is 2.47. The third kappa shape index (κ3) is 2.53. The number of nitrogens with one attached hydrogen (secondary N) is 1. The van der Waals surface area contributed by atoms with Crippen LogP contribution in [-0.2, 0) is 0 Å². The van der Waals surface area contributed by atoms with Gasteiger partial charge in [-0.3, -0.25) is 0 Å². The van der Waals surface area contributed by atoms with Crippen molar-refractivity contribution in [1.82, 2.24) is 5.32 Å². The first kappa shape index (κ1) is 10.7. The van der Waals surface area contributed by atoms with Crippen molar-refractivity contribution in [3.05, 3.63) is 22.4 Å². The maximum absolute atomic E-state index is 7.00. The van der Waals surface area contributed by atoms with Gasteiger partial charge in [0.2, 0.25) is 0 Å². The van der Waals surface area contributed by atoms with E-state index in [-0.39, 0.29) is 0 Å². The van der Waals surface area contributed by atoms with E-state index in [9.17, 15) is 0 Å². The molecule has 2 N–H and O–H groups in total. The molecule has 0 amide bonds. The Morgan fingerprint density at radius 1 is 1.46 bits per heavy atom. The Morgan fingerprint density at radius 3 is 2.69 bits per heavy atom. The minimum atomic E-state index is 0.765. The molecule has 2 atom stereocenters. The second kappa shape index (κ2) is 5.37. The molecule has 0 aliphatic carbocycles. The molecule has 74 valence electrons. The molecule has 1 aliphatic rings. The van der Waals surface area contributed by atoms with Crippen molar-refractivity contribution in [3.8, 4) is 0 Å². The lowest BCUT2D eigenvalue weighted by molar-refractivity contribution is 0.399. The Balaban J connectivity index is 0.000000396. The van der Waals surface area contributed by atoms with Crippen molar-refractivity contribution in [1.29, 1.82) is 0 Å². The van der Waals surface area contributed by atoms with Crippen LogP contribution in [0.4, 0.5) is 0 Å². The van der Waals surface area contributed by atoms with Gasteiger partial charge in [0.1, 0.15) is 0 Å². The van der Waals surface area contributed by atoms with Crippen molar-refractivity contribution in [3.63, 3.8) is 0 Å². The average Bonchev–Trinajstić information content (AvgIpc) is 2.77. The monoisotopic (exact) mass is 199 g/mol. The normalized spacial score (nSPS) is 26.7. The van der Waals surface area contributed by atoms with Crippen molar-refractivity contribution >= 4 is 11.3 Å². The Kier molecular flexibility index (Phi) is 4.42. The number of aliphatic hydroxyl groups excluding tert-OH is 1. The first-order valence-electron chi connectivity index (χ1n) is 4.55. The molecule has 1 aliphatic heterocycles. The Morgan fingerprint density at radius 2 is 2.23 bits per heavy atom. The van der Waals surface area contributed by atoms with Gasteiger partial charge in [-0.2, -0.15) is 11.3 Å². The first-order chi connectivity index (χ1) is 6.38. The van der Waals surface area contributed by atoms with E-state index in [0.717, 1.165) is 25.5 Å². The molecule has 3 heteroatoms. The molecule has 1 unspecified atom stereocenters. The smallest absolute Gasteiger partial charge is 0.0319 e. The Hall–Kier alpha value is -0.380. The highest BCUT2D eigenvalue weighted by molar-refractivity contribution is 7.07. The van der Waals surface area contributed by atoms with Crippen molar-refractivity contribution < 1.29 is 5.11 Å². The predicted octanol–water partition coefficient (Wildman–Crippen LogP) is 1.68. The van der Waals surface area contributed by atoms with E-state index in [1.54, 1.807) is 11.3 Å². The van der Waals surface area contributed by atoms with Crippen LogP contribution in [0.2, 0.25) is 0 Å². The molecule has 2 heterocycles. The maximum Gasteiger partial charge on any atom is 0.0319 e. The summed E-state index contributed by atoms with van der Waals surface area (Å²) in [5.41, 5.74) is 1.52. The molecule has 13 heavy (non-hydrogen) atoms. The van der Waals surface area contributed by atoms with Crippen molar-refractivity contribution in [2.24, 2.45) is 5.92 Å². The fraction of sp³-hybridized carbons (Fsp3) is 0.600. The van der Waals surface area contributed by atoms with Crippen molar-refractivity contribution in [2.75, 3.05) is 20.2 Å². The lowest BCUT2D eigenvalue weighted by Crippen LogP contribution is -2.07. The number of hydrogen-bond acceptors (Lipinski definition) is 3. The largest absolute Gasteiger partial charge is 0.400 e. The minimum Gasteiger partial charge on any atom is -0.400 e. The highest BCUT2D eigenvalue weighted by Crippen LogP contribution is 2.28.